The first kappa shape index (κ1) is 59.2. The van der Waals surface area contributed by atoms with E-state index in [1.165, 1.54) is 34.3 Å². The lowest BCUT2D eigenvalue weighted by molar-refractivity contribution is -0.319. The number of anilines is 1. The minimum Gasteiger partial charge on any atom is -0.459 e. The van der Waals surface area contributed by atoms with Crippen LogP contribution in [0.1, 0.15) is 119 Å². The zero-order chi connectivity index (χ0) is 53.5. The molecular formula is C52H84N4O16. The van der Waals surface area contributed by atoms with Gasteiger partial charge in [0.05, 0.1) is 47.6 Å². The smallest absolute Gasteiger partial charge is 0.311 e. The highest BCUT2D eigenvalue weighted by Gasteiger charge is 2.54. The second kappa shape index (κ2) is 25.3. The Bertz CT molecular complexity index is 2050. The molecule has 19 atom stereocenters. The predicted molar refractivity (Wildman–Crippen MR) is 263 cm³/mol. The number of likely N-dealkylation sites (N-methyl/N-ethyl adjacent to an activating group) is 1. The molecule has 0 saturated carbocycles. The van der Waals surface area contributed by atoms with Gasteiger partial charge in [-0.15, -0.1) is 0 Å². The number of cyclic esters (lactones) is 1. The predicted octanol–water partition coefficient (Wildman–Crippen LogP) is 3.65. The third-order valence-electron chi connectivity index (χ3n) is 15.5. The first-order valence-electron chi connectivity index (χ1n) is 25.4. The van der Waals surface area contributed by atoms with Gasteiger partial charge in [-0.1, -0.05) is 45.9 Å². The van der Waals surface area contributed by atoms with E-state index in [2.05, 4.69) is 15.6 Å². The number of benzene rings is 1. The van der Waals surface area contributed by atoms with Gasteiger partial charge in [0.1, 0.15) is 41.7 Å². The fraction of sp³-hybridized carbons (Fsp3) is 0.769. The maximum absolute atomic E-state index is 14.4. The maximum Gasteiger partial charge on any atom is 0.311 e. The lowest BCUT2D eigenvalue weighted by Gasteiger charge is -2.50. The first-order chi connectivity index (χ1) is 33.8. The number of ketones is 1. The summed E-state index contributed by atoms with van der Waals surface area (Å²) in [6.45, 7) is 17.4. The molecule has 2 aromatic rings. The normalized spacial score (nSPS) is 39.0. The highest BCUT2D eigenvalue weighted by Crippen LogP contribution is 2.42. The number of hydrogen-bond acceptors (Lipinski definition) is 19. The van der Waals surface area contributed by atoms with Crippen LogP contribution >= 0.6 is 0 Å². The largest absolute Gasteiger partial charge is 0.459 e. The van der Waals surface area contributed by atoms with Crippen LogP contribution in [0.5, 0.6) is 0 Å². The topological polar surface area (TPSA) is 270 Å². The van der Waals surface area contributed by atoms with Gasteiger partial charge in [0.15, 0.2) is 24.7 Å². The number of nitrogens with one attached hydrogen (secondary N) is 2. The molecule has 1 aromatic heterocycles. The van der Waals surface area contributed by atoms with E-state index < -0.39 is 120 Å². The third-order valence-corrected chi connectivity index (χ3v) is 15.5. The number of oxazole rings is 1. The second-order valence-electron chi connectivity index (χ2n) is 21.1. The fourth-order valence-corrected chi connectivity index (χ4v) is 10.7. The van der Waals surface area contributed by atoms with E-state index in [0.29, 0.717) is 24.5 Å². The number of methoxy groups -OCH3 is 2. The summed E-state index contributed by atoms with van der Waals surface area (Å²) in [6, 6.07) is 8.66. The fourth-order valence-electron chi connectivity index (χ4n) is 10.7. The summed E-state index contributed by atoms with van der Waals surface area (Å²) < 4.78 is 50.1. The van der Waals surface area contributed by atoms with Gasteiger partial charge in [-0.25, -0.2) is 4.98 Å². The summed E-state index contributed by atoms with van der Waals surface area (Å²) in [4.78, 5) is 47.9. The highest BCUT2D eigenvalue weighted by molar-refractivity contribution is 5.83. The van der Waals surface area contributed by atoms with Gasteiger partial charge >= 0.3 is 5.97 Å². The molecule has 0 radical (unpaired) electrons. The number of hydrogen-bond donors (Lipinski definition) is 7. The van der Waals surface area contributed by atoms with E-state index in [-0.39, 0.29) is 56.0 Å². The number of carbonyl (C=O) groups excluding carboxylic acids is 3. The van der Waals surface area contributed by atoms with Crippen LogP contribution in [0, 0.1) is 23.7 Å². The van der Waals surface area contributed by atoms with Gasteiger partial charge in [-0.3, -0.25) is 19.3 Å². The van der Waals surface area contributed by atoms with Crippen LogP contribution in [0.3, 0.4) is 0 Å². The molecular weight excluding hydrogens is 937 g/mol. The molecule has 20 heteroatoms. The summed E-state index contributed by atoms with van der Waals surface area (Å²) in [7, 11) is 4.80. The zero-order valence-corrected chi connectivity index (χ0v) is 44.5. The number of aromatic nitrogens is 1. The van der Waals surface area contributed by atoms with Crippen molar-refractivity contribution < 1.29 is 77.5 Å². The minimum atomic E-state index is -2.02. The van der Waals surface area contributed by atoms with Crippen molar-refractivity contribution in [2.45, 2.75) is 198 Å². The minimum absolute atomic E-state index is 0.0379. The lowest BCUT2D eigenvalue weighted by Crippen LogP contribution is -2.62. The van der Waals surface area contributed by atoms with Crippen LogP contribution in [0.15, 0.2) is 41.0 Å². The second-order valence-corrected chi connectivity index (χ2v) is 21.1. The number of nitrogens with zero attached hydrogens (tertiary/aromatic N) is 2. The zero-order valence-electron chi connectivity index (χ0n) is 44.5. The number of aliphatic hydroxyl groups excluding tert-OH is 4. The molecule has 1 aromatic carbocycles. The van der Waals surface area contributed by atoms with Crippen LogP contribution in [0.2, 0.25) is 0 Å². The number of aliphatic hydroxyl groups is 5. The molecule has 3 aliphatic rings. The van der Waals surface area contributed by atoms with E-state index in [9.17, 15) is 39.9 Å². The number of para-hydroxylation sites is 1. The van der Waals surface area contributed by atoms with Crippen LogP contribution < -0.4 is 10.6 Å². The average Bonchev–Trinajstić information content (AvgIpc) is 3.84. The van der Waals surface area contributed by atoms with E-state index in [4.69, 9.17) is 37.6 Å². The summed E-state index contributed by atoms with van der Waals surface area (Å²) in [5.74, 6) is -4.82. The van der Waals surface area contributed by atoms with Crippen molar-refractivity contribution in [2.24, 2.45) is 23.7 Å². The monoisotopic (exact) mass is 1020 g/mol. The first-order valence-corrected chi connectivity index (χ1v) is 25.4. The van der Waals surface area contributed by atoms with E-state index in [0.717, 1.165) is 0 Å². The number of Topliss-reactive ketones (excluding diaryl/α,β-unsaturated/α-hetero) is 1. The van der Waals surface area contributed by atoms with Gasteiger partial charge in [0, 0.05) is 76.1 Å². The van der Waals surface area contributed by atoms with Crippen molar-refractivity contribution in [1.82, 2.24) is 15.2 Å². The molecule has 0 bridgehead atoms. The van der Waals surface area contributed by atoms with Gasteiger partial charge in [-0.05, 0) is 80.0 Å². The molecule has 3 saturated heterocycles. The van der Waals surface area contributed by atoms with Crippen molar-refractivity contribution in [3.63, 3.8) is 0 Å². The maximum atomic E-state index is 14.4. The molecule has 4 heterocycles. The molecule has 5 rings (SSSR count). The Morgan fingerprint density at radius 1 is 0.931 bits per heavy atom. The summed E-state index contributed by atoms with van der Waals surface area (Å²) in [6.07, 6.45) is -9.51. The van der Waals surface area contributed by atoms with Crippen molar-refractivity contribution in [3.05, 3.63) is 48.2 Å². The lowest BCUT2D eigenvalue weighted by atomic mass is 9.74. The summed E-state index contributed by atoms with van der Waals surface area (Å²) in [5.41, 5.74) is -3.47. The Kier molecular flexibility index (Phi) is 20.8. The van der Waals surface area contributed by atoms with Crippen LogP contribution in [-0.4, -0.2) is 172 Å². The molecule has 408 valence electrons. The van der Waals surface area contributed by atoms with E-state index >= 15 is 0 Å². The highest BCUT2D eigenvalue weighted by atomic mass is 16.7. The average molecular weight is 1020 g/mol. The van der Waals surface area contributed by atoms with Crippen molar-refractivity contribution in [2.75, 3.05) is 39.7 Å². The number of amides is 1. The third kappa shape index (κ3) is 14.0. The summed E-state index contributed by atoms with van der Waals surface area (Å²) >= 11 is 0. The Balaban J connectivity index is 1.37. The quantitative estimate of drug-likeness (QED) is 0.0880. The van der Waals surface area contributed by atoms with Crippen molar-refractivity contribution >= 4 is 23.3 Å². The number of rotatable bonds is 17. The molecule has 0 spiro atoms. The van der Waals surface area contributed by atoms with Crippen molar-refractivity contribution in [1.29, 1.82) is 0 Å². The molecule has 7 N–H and O–H groups in total. The summed E-state index contributed by atoms with van der Waals surface area (Å²) in [5, 5.41) is 63.1. The van der Waals surface area contributed by atoms with Gasteiger partial charge in [-0.2, -0.15) is 0 Å². The molecule has 0 aliphatic carbocycles. The Morgan fingerprint density at radius 3 is 2.24 bits per heavy atom. The van der Waals surface area contributed by atoms with E-state index in [1.807, 2.05) is 56.1 Å². The Morgan fingerprint density at radius 2 is 1.60 bits per heavy atom. The van der Waals surface area contributed by atoms with Crippen LogP contribution in [-0.2, 0) is 54.0 Å². The van der Waals surface area contributed by atoms with Gasteiger partial charge < -0.3 is 73.7 Å². The standard InChI is InChI=1S/C52H84N4O16/c1-14-37-52(10,64)44(60)30(4)41(58)28(2)25-51(9,66-13)46(31(5)43(32(6)48(63)70-37)71-40-26-50(8,65-12)45(61)33(7)69-40)72-49-42(59)36(24-29(3)68-49)56(11)23-22-53-38(57)20-21-39-55-35(27-67-39)47(62)54-34-18-16-15-17-19-34/h15-19,27-33,36-37,40,42-47,49,54,59-62,64H,14,20-26H2,1-13H3,(H,53,57)/t28-,29-,30+,31+,32-,33+,36+,37-,40+,42-,43+,44-,45+,46-,47?,49-,50-,51-,52-/m1/s1. The van der Waals surface area contributed by atoms with Crippen LogP contribution in [0.25, 0.3) is 0 Å². The molecule has 1 unspecified atom stereocenters. The number of aryl methyl sites for hydroxylation is 1. The Labute approximate surface area is 424 Å². The van der Waals surface area contributed by atoms with Gasteiger partial charge in [0.25, 0.3) is 0 Å². The molecule has 3 aliphatic heterocycles. The molecule has 20 nitrogen and oxygen atoms in total. The van der Waals surface area contributed by atoms with E-state index in [1.54, 1.807) is 41.5 Å². The molecule has 72 heavy (non-hydrogen) atoms. The van der Waals surface area contributed by atoms with Crippen molar-refractivity contribution in [3.8, 4) is 0 Å². The SMILES string of the molecule is CC[C@H]1OC(=O)[C@H](C)[C@@H](O[C@H]2C[C@@](C)(OC)[C@@H](O)[C@H](C)O2)[C@H](C)[C@@H](O[C@H]2O[C@H](C)C[C@H](N(C)CCNC(=O)CCc3nc(C(O)Nc4ccccc4)co3)[C@H]2O)[C@](C)(OC)C[C@@H](C)C(=O)[C@H](C)[C@@H](O)[C@]1(C)O. The number of carbonyl (C=O) groups is 3. The number of ether oxygens (including phenoxy) is 7. The van der Waals surface area contributed by atoms with Crippen LogP contribution in [0.4, 0.5) is 5.69 Å². The van der Waals surface area contributed by atoms with Gasteiger partial charge in [0.2, 0.25) is 5.91 Å². The molecule has 1 amide bonds. The molecule has 3 fully saturated rings. The number of esters is 1. The Hall–Kier alpha value is -3.64.